The molecule has 2 heterocycles. The highest BCUT2D eigenvalue weighted by molar-refractivity contribution is 7.20. The minimum atomic E-state index is -0.262. The largest absolute Gasteiger partial charge is 0.467 e. The first-order valence-electron chi connectivity index (χ1n) is 6.60. The van der Waals surface area contributed by atoms with Crippen molar-refractivity contribution in [1.82, 2.24) is 9.88 Å². The number of piperidine rings is 1. The topological polar surface area (TPSA) is 42.4 Å². The van der Waals surface area contributed by atoms with Gasteiger partial charge in [0.2, 0.25) is 5.91 Å². The maximum atomic E-state index is 13.1. The molecule has 0 unspecified atom stereocenters. The zero-order valence-corrected chi connectivity index (χ0v) is 12.0. The van der Waals surface area contributed by atoms with Crippen LogP contribution in [0.2, 0.25) is 0 Å². The number of benzene rings is 1. The summed E-state index contributed by atoms with van der Waals surface area (Å²) in [4.78, 5) is 17.4. The second kappa shape index (κ2) is 5.36. The van der Waals surface area contributed by atoms with Gasteiger partial charge in [0.1, 0.15) is 11.9 Å². The predicted molar refractivity (Wildman–Crippen MR) is 75.5 cm³/mol. The van der Waals surface area contributed by atoms with E-state index < -0.39 is 0 Å². The predicted octanol–water partition coefficient (Wildman–Crippen LogP) is 2.83. The fourth-order valence-corrected chi connectivity index (χ4v) is 3.26. The van der Waals surface area contributed by atoms with E-state index in [-0.39, 0.29) is 17.8 Å². The lowest BCUT2D eigenvalue weighted by atomic mass is 10.1. The van der Waals surface area contributed by atoms with Crippen LogP contribution >= 0.6 is 11.3 Å². The molecule has 3 rings (SSSR count). The van der Waals surface area contributed by atoms with Crippen LogP contribution in [0.4, 0.5) is 4.39 Å². The van der Waals surface area contributed by atoms with Crippen molar-refractivity contribution in [1.29, 1.82) is 0 Å². The van der Waals surface area contributed by atoms with Gasteiger partial charge in [-0.1, -0.05) is 11.3 Å². The van der Waals surface area contributed by atoms with E-state index in [0.717, 1.165) is 36.1 Å². The highest BCUT2D eigenvalue weighted by Gasteiger charge is 2.22. The Balaban J connectivity index is 1.66. The number of fused-ring (bicyclic) bond motifs is 1. The average Bonchev–Trinajstić information content (AvgIpc) is 2.80. The first-order chi connectivity index (χ1) is 9.61. The van der Waals surface area contributed by atoms with Gasteiger partial charge in [0.25, 0.3) is 5.19 Å². The summed E-state index contributed by atoms with van der Waals surface area (Å²) in [6, 6.07) is 4.53. The molecule has 1 amide bonds. The molecular formula is C14H15FN2O2S. The normalized spacial score (nSPS) is 16.6. The number of likely N-dealkylation sites (tertiary alicyclic amines) is 1. The highest BCUT2D eigenvalue weighted by atomic mass is 32.1. The molecule has 1 aromatic heterocycles. The van der Waals surface area contributed by atoms with Crippen LogP contribution in [0.3, 0.4) is 0 Å². The summed E-state index contributed by atoms with van der Waals surface area (Å²) in [5.41, 5.74) is 0.757. The number of nitrogens with zero attached hydrogens (tertiary/aromatic N) is 2. The lowest BCUT2D eigenvalue weighted by Crippen LogP contribution is -2.40. The standard InChI is InChI=1S/C14H15FN2O2S/c1-9(18)17-6-4-11(5-7-17)19-14-16-12-3-2-10(15)8-13(12)20-14/h2-3,8,11H,4-7H2,1H3. The van der Waals surface area contributed by atoms with Crippen molar-refractivity contribution in [3.05, 3.63) is 24.0 Å². The van der Waals surface area contributed by atoms with E-state index in [0.29, 0.717) is 5.19 Å². The third kappa shape index (κ3) is 2.75. The number of rotatable bonds is 2. The molecule has 1 fully saturated rings. The Kier molecular flexibility index (Phi) is 3.56. The summed E-state index contributed by atoms with van der Waals surface area (Å²) in [5, 5.41) is 0.576. The molecule has 1 aromatic carbocycles. The molecule has 1 aliphatic heterocycles. The lowest BCUT2D eigenvalue weighted by Gasteiger charge is -2.30. The summed E-state index contributed by atoms with van der Waals surface area (Å²) in [6.45, 7) is 3.03. The summed E-state index contributed by atoms with van der Waals surface area (Å²) in [7, 11) is 0. The second-order valence-corrected chi connectivity index (χ2v) is 5.91. The molecule has 0 bridgehead atoms. The second-order valence-electron chi connectivity index (χ2n) is 4.92. The van der Waals surface area contributed by atoms with E-state index in [4.69, 9.17) is 4.74 Å². The molecule has 0 aliphatic carbocycles. The summed E-state index contributed by atoms with van der Waals surface area (Å²) in [5.74, 6) is -0.152. The molecule has 1 aliphatic rings. The third-order valence-electron chi connectivity index (χ3n) is 3.49. The van der Waals surface area contributed by atoms with Crippen molar-refractivity contribution in [2.75, 3.05) is 13.1 Å². The fraction of sp³-hybridized carbons (Fsp3) is 0.429. The SMILES string of the molecule is CC(=O)N1CCC(Oc2nc3ccc(F)cc3s2)CC1. The maximum absolute atomic E-state index is 13.1. The average molecular weight is 294 g/mol. The van der Waals surface area contributed by atoms with Crippen LogP contribution in [0, 0.1) is 5.82 Å². The Labute approximate surface area is 120 Å². The Morgan fingerprint density at radius 3 is 2.90 bits per heavy atom. The van der Waals surface area contributed by atoms with Crippen molar-refractivity contribution < 1.29 is 13.9 Å². The van der Waals surface area contributed by atoms with Crippen LogP contribution in [0.1, 0.15) is 19.8 Å². The zero-order chi connectivity index (χ0) is 14.1. The zero-order valence-electron chi connectivity index (χ0n) is 11.1. The molecular weight excluding hydrogens is 279 g/mol. The molecule has 0 radical (unpaired) electrons. The number of hydrogen-bond donors (Lipinski definition) is 0. The Morgan fingerprint density at radius 2 is 2.20 bits per heavy atom. The van der Waals surface area contributed by atoms with Gasteiger partial charge < -0.3 is 9.64 Å². The van der Waals surface area contributed by atoms with Gasteiger partial charge in [0.05, 0.1) is 10.2 Å². The molecule has 106 valence electrons. The van der Waals surface area contributed by atoms with E-state index >= 15 is 0 Å². The first-order valence-corrected chi connectivity index (χ1v) is 7.42. The van der Waals surface area contributed by atoms with Crippen molar-refractivity contribution in [3.8, 4) is 5.19 Å². The Morgan fingerprint density at radius 1 is 1.45 bits per heavy atom. The van der Waals surface area contributed by atoms with Crippen molar-refractivity contribution in [3.63, 3.8) is 0 Å². The number of halogens is 1. The summed E-state index contributed by atoms with van der Waals surface area (Å²) in [6.07, 6.45) is 1.70. The molecule has 0 atom stereocenters. The van der Waals surface area contributed by atoms with Gasteiger partial charge in [-0.3, -0.25) is 4.79 Å². The van der Waals surface area contributed by atoms with Crippen LogP contribution in [-0.4, -0.2) is 35.0 Å². The van der Waals surface area contributed by atoms with Gasteiger partial charge in [0.15, 0.2) is 0 Å². The quantitative estimate of drug-likeness (QED) is 0.855. The monoisotopic (exact) mass is 294 g/mol. The number of hydrogen-bond acceptors (Lipinski definition) is 4. The number of ether oxygens (including phenoxy) is 1. The van der Waals surface area contributed by atoms with Crippen LogP contribution < -0.4 is 4.74 Å². The maximum Gasteiger partial charge on any atom is 0.274 e. The van der Waals surface area contributed by atoms with Crippen molar-refractivity contribution >= 4 is 27.5 Å². The van der Waals surface area contributed by atoms with Crippen molar-refractivity contribution in [2.24, 2.45) is 0 Å². The van der Waals surface area contributed by atoms with Gasteiger partial charge >= 0.3 is 0 Å². The molecule has 0 saturated carbocycles. The molecule has 4 nitrogen and oxygen atoms in total. The number of thiazole rings is 1. The van der Waals surface area contributed by atoms with E-state index in [1.165, 1.54) is 23.5 Å². The fourth-order valence-electron chi connectivity index (χ4n) is 2.36. The van der Waals surface area contributed by atoms with E-state index in [1.54, 1.807) is 13.0 Å². The Hall–Kier alpha value is -1.69. The molecule has 0 N–H and O–H groups in total. The molecule has 6 heteroatoms. The highest BCUT2D eigenvalue weighted by Crippen LogP contribution is 2.30. The minimum absolute atomic E-state index is 0.0796. The number of aromatic nitrogens is 1. The van der Waals surface area contributed by atoms with Gasteiger partial charge in [-0.15, -0.1) is 0 Å². The molecule has 0 spiro atoms. The third-order valence-corrected chi connectivity index (χ3v) is 4.39. The van der Waals surface area contributed by atoms with E-state index in [1.807, 2.05) is 4.90 Å². The van der Waals surface area contributed by atoms with Gasteiger partial charge in [-0.2, -0.15) is 0 Å². The van der Waals surface area contributed by atoms with Crippen molar-refractivity contribution in [2.45, 2.75) is 25.9 Å². The number of carbonyl (C=O) groups excluding carboxylic acids is 1. The first kappa shape index (κ1) is 13.3. The number of amides is 1. The smallest absolute Gasteiger partial charge is 0.274 e. The van der Waals surface area contributed by atoms with E-state index in [9.17, 15) is 9.18 Å². The van der Waals surface area contributed by atoms with Crippen LogP contribution in [0.5, 0.6) is 5.19 Å². The van der Waals surface area contributed by atoms with Gasteiger partial charge in [-0.25, -0.2) is 9.37 Å². The summed E-state index contributed by atoms with van der Waals surface area (Å²) >= 11 is 1.36. The molecule has 2 aromatic rings. The summed E-state index contributed by atoms with van der Waals surface area (Å²) < 4.78 is 19.8. The Bertz CT molecular complexity index is 635. The van der Waals surface area contributed by atoms with Crippen LogP contribution in [0.25, 0.3) is 10.2 Å². The minimum Gasteiger partial charge on any atom is -0.467 e. The van der Waals surface area contributed by atoms with Crippen LogP contribution in [-0.2, 0) is 4.79 Å². The molecule has 1 saturated heterocycles. The van der Waals surface area contributed by atoms with E-state index in [2.05, 4.69) is 4.98 Å². The van der Waals surface area contributed by atoms with Gasteiger partial charge in [-0.05, 0) is 18.2 Å². The van der Waals surface area contributed by atoms with Gasteiger partial charge in [0, 0.05) is 32.9 Å². The number of carbonyl (C=O) groups is 1. The molecule has 20 heavy (non-hydrogen) atoms. The van der Waals surface area contributed by atoms with Crippen LogP contribution in [0.15, 0.2) is 18.2 Å². The lowest BCUT2D eigenvalue weighted by molar-refractivity contribution is -0.130.